The second-order valence-corrected chi connectivity index (χ2v) is 6.90. The Bertz CT molecular complexity index is 555. The maximum Gasteiger partial charge on any atom is 0.236 e. The Labute approximate surface area is 151 Å². The number of carbonyl (C=O) groups is 1. The molecule has 24 heavy (non-hydrogen) atoms. The van der Waals surface area contributed by atoms with Crippen molar-refractivity contribution in [2.75, 3.05) is 40.3 Å². The molecule has 6 heteroatoms. The molecule has 5 nitrogen and oxygen atoms in total. The first-order valence-corrected chi connectivity index (χ1v) is 8.21. The third-order valence-electron chi connectivity index (χ3n) is 5.05. The van der Waals surface area contributed by atoms with Crippen LogP contribution in [-0.4, -0.2) is 56.0 Å². The Morgan fingerprint density at radius 2 is 2.12 bits per heavy atom. The fourth-order valence-corrected chi connectivity index (χ4v) is 3.17. The third kappa shape index (κ3) is 4.62. The minimum Gasteiger partial charge on any atom is -0.496 e. The minimum atomic E-state index is -0.0258. The number of rotatable bonds is 6. The van der Waals surface area contributed by atoms with Crippen molar-refractivity contribution in [3.8, 4) is 5.75 Å². The lowest BCUT2D eigenvalue weighted by Crippen LogP contribution is -2.40. The lowest BCUT2D eigenvalue weighted by Gasteiger charge is -2.29. The molecule has 2 rings (SSSR count). The Balaban J connectivity index is 0.00000288. The van der Waals surface area contributed by atoms with Crippen molar-refractivity contribution < 1.29 is 9.53 Å². The molecule has 0 radical (unpaired) electrons. The Hall–Kier alpha value is -1.30. The molecule has 1 aliphatic rings. The van der Waals surface area contributed by atoms with Gasteiger partial charge >= 0.3 is 0 Å². The second-order valence-electron chi connectivity index (χ2n) is 6.90. The number of likely N-dealkylation sites (N-methyl/N-ethyl adjacent to an activating group) is 1. The molecular weight excluding hydrogens is 326 g/mol. The summed E-state index contributed by atoms with van der Waals surface area (Å²) in [5.41, 5.74) is 7.01. The molecule has 2 unspecified atom stereocenters. The highest BCUT2D eigenvalue weighted by molar-refractivity contribution is 5.85. The number of nitrogens with zero attached hydrogens (tertiary/aromatic N) is 2. The molecule has 0 aromatic heterocycles. The van der Waals surface area contributed by atoms with Gasteiger partial charge < -0.3 is 15.4 Å². The number of hydrogen-bond donors (Lipinski definition) is 1. The van der Waals surface area contributed by atoms with Crippen LogP contribution >= 0.6 is 12.4 Å². The molecule has 0 spiro atoms. The van der Waals surface area contributed by atoms with E-state index in [9.17, 15) is 4.79 Å². The Kier molecular flexibility index (Phi) is 7.52. The highest BCUT2D eigenvalue weighted by Gasteiger charge is 2.34. The van der Waals surface area contributed by atoms with E-state index >= 15 is 0 Å². The summed E-state index contributed by atoms with van der Waals surface area (Å²) in [6.07, 6.45) is 1.06. The van der Waals surface area contributed by atoms with Crippen molar-refractivity contribution in [2.45, 2.75) is 26.3 Å². The van der Waals surface area contributed by atoms with Gasteiger partial charge in [-0.3, -0.25) is 9.69 Å². The van der Waals surface area contributed by atoms with Crippen LogP contribution in [0.1, 0.15) is 31.9 Å². The van der Waals surface area contributed by atoms with Gasteiger partial charge in [0.2, 0.25) is 5.91 Å². The van der Waals surface area contributed by atoms with Gasteiger partial charge in [-0.05, 0) is 37.9 Å². The summed E-state index contributed by atoms with van der Waals surface area (Å²) in [4.78, 5) is 16.6. The lowest BCUT2D eigenvalue weighted by atomic mass is 9.90. The minimum absolute atomic E-state index is 0. The number of carbonyl (C=O) groups excluding carboxylic acids is 1. The Morgan fingerprint density at radius 1 is 1.46 bits per heavy atom. The smallest absolute Gasteiger partial charge is 0.236 e. The average Bonchev–Trinajstić information content (AvgIpc) is 2.95. The van der Waals surface area contributed by atoms with Gasteiger partial charge in [0.25, 0.3) is 0 Å². The van der Waals surface area contributed by atoms with Crippen LogP contribution < -0.4 is 10.5 Å². The first-order valence-electron chi connectivity index (χ1n) is 8.21. The first kappa shape index (κ1) is 20.7. The Morgan fingerprint density at radius 3 is 2.71 bits per heavy atom. The van der Waals surface area contributed by atoms with Crippen LogP contribution in [-0.2, 0) is 4.79 Å². The number of halogens is 1. The number of methoxy groups -OCH3 is 1. The number of likely N-dealkylation sites (tertiary alicyclic amines) is 1. The van der Waals surface area contributed by atoms with Gasteiger partial charge in [-0.1, -0.05) is 25.1 Å². The topological polar surface area (TPSA) is 58.8 Å². The molecule has 1 fully saturated rings. The molecule has 0 aliphatic carbocycles. The van der Waals surface area contributed by atoms with E-state index in [-0.39, 0.29) is 29.8 Å². The molecule has 1 aliphatic heterocycles. The van der Waals surface area contributed by atoms with Crippen LogP contribution in [0.4, 0.5) is 0 Å². The number of hydrogen-bond acceptors (Lipinski definition) is 4. The zero-order valence-corrected chi connectivity index (χ0v) is 15.9. The molecule has 1 amide bonds. The number of amides is 1. The fourth-order valence-electron chi connectivity index (χ4n) is 3.17. The molecule has 0 bridgehead atoms. The standard InChI is InChI=1S/C18H29N3O2.ClH/c1-14(15-7-5-6-8-16(15)23-4)20(3)17(22)11-21-10-9-18(2,12-19)13-21;/h5-8,14H,9-13,19H2,1-4H3;1H. The van der Waals surface area contributed by atoms with Gasteiger partial charge in [0, 0.05) is 19.2 Å². The quantitative estimate of drug-likeness (QED) is 0.850. The molecule has 0 saturated carbocycles. The van der Waals surface area contributed by atoms with Crippen molar-refractivity contribution in [3.05, 3.63) is 29.8 Å². The predicted molar refractivity (Wildman–Crippen MR) is 99.6 cm³/mol. The largest absolute Gasteiger partial charge is 0.496 e. The number of para-hydroxylation sites is 1. The maximum atomic E-state index is 12.6. The number of ether oxygens (including phenoxy) is 1. The molecule has 1 heterocycles. The normalized spacial score (nSPS) is 21.9. The predicted octanol–water partition coefficient (Wildman–Crippen LogP) is 2.31. The van der Waals surface area contributed by atoms with Gasteiger partial charge in [0.05, 0.1) is 19.7 Å². The zero-order chi connectivity index (χ0) is 17.0. The van der Waals surface area contributed by atoms with Crippen molar-refractivity contribution in [3.63, 3.8) is 0 Å². The van der Waals surface area contributed by atoms with Crippen LogP contribution in [0.25, 0.3) is 0 Å². The van der Waals surface area contributed by atoms with E-state index in [2.05, 4.69) is 11.8 Å². The molecule has 2 N–H and O–H groups in total. The first-order chi connectivity index (χ1) is 10.9. The summed E-state index contributed by atoms with van der Waals surface area (Å²) in [5, 5.41) is 0. The monoisotopic (exact) mass is 355 g/mol. The van der Waals surface area contributed by atoms with Crippen molar-refractivity contribution in [2.24, 2.45) is 11.1 Å². The average molecular weight is 356 g/mol. The van der Waals surface area contributed by atoms with Gasteiger partial charge in [-0.15, -0.1) is 12.4 Å². The summed E-state index contributed by atoms with van der Waals surface area (Å²) in [6, 6.07) is 7.82. The number of nitrogens with two attached hydrogens (primary N) is 1. The summed E-state index contributed by atoms with van der Waals surface area (Å²) in [7, 11) is 3.52. The number of benzene rings is 1. The van der Waals surface area contributed by atoms with Gasteiger partial charge in [0.15, 0.2) is 0 Å². The van der Waals surface area contributed by atoms with Crippen LogP contribution in [0.3, 0.4) is 0 Å². The van der Waals surface area contributed by atoms with E-state index in [1.165, 1.54) is 0 Å². The SMILES string of the molecule is COc1ccccc1C(C)N(C)C(=O)CN1CCC(C)(CN)C1.Cl. The highest BCUT2D eigenvalue weighted by atomic mass is 35.5. The zero-order valence-electron chi connectivity index (χ0n) is 15.1. The summed E-state index contributed by atoms with van der Waals surface area (Å²) in [6.45, 7) is 7.18. The van der Waals surface area contributed by atoms with Crippen molar-refractivity contribution >= 4 is 18.3 Å². The lowest BCUT2D eigenvalue weighted by molar-refractivity contribution is -0.132. The maximum absolute atomic E-state index is 12.6. The van der Waals surface area contributed by atoms with Crippen molar-refractivity contribution in [1.82, 2.24) is 9.80 Å². The van der Waals surface area contributed by atoms with Crippen LogP contribution in [0.5, 0.6) is 5.75 Å². The van der Waals surface area contributed by atoms with E-state index in [0.717, 1.165) is 30.8 Å². The van der Waals surface area contributed by atoms with Crippen LogP contribution in [0.2, 0.25) is 0 Å². The van der Waals surface area contributed by atoms with Gasteiger partial charge in [0.1, 0.15) is 5.75 Å². The van der Waals surface area contributed by atoms with Crippen LogP contribution in [0.15, 0.2) is 24.3 Å². The molecular formula is C18H30ClN3O2. The molecule has 1 aromatic carbocycles. The van der Waals surface area contributed by atoms with E-state index < -0.39 is 0 Å². The summed E-state index contributed by atoms with van der Waals surface area (Å²) < 4.78 is 5.41. The van der Waals surface area contributed by atoms with Gasteiger partial charge in [-0.2, -0.15) is 0 Å². The second kappa shape index (κ2) is 8.70. The third-order valence-corrected chi connectivity index (χ3v) is 5.05. The molecule has 2 atom stereocenters. The van der Waals surface area contributed by atoms with E-state index in [0.29, 0.717) is 13.1 Å². The highest BCUT2D eigenvalue weighted by Crippen LogP contribution is 2.30. The van der Waals surface area contributed by atoms with Gasteiger partial charge in [-0.25, -0.2) is 0 Å². The van der Waals surface area contributed by atoms with E-state index in [1.54, 1.807) is 12.0 Å². The summed E-state index contributed by atoms with van der Waals surface area (Å²) >= 11 is 0. The molecule has 136 valence electrons. The van der Waals surface area contributed by atoms with E-state index in [4.69, 9.17) is 10.5 Å². The fraction of sp³-hybridized carbons (Fsp3) is 0.611. The molecule has 1 aromatic rings. The van der Waals surface area contributed by atoms with Crippen LogP contribution in [0, 0.1) is 5.41 Å². The van der Waals surface area contributed by atoms with Crippen molar-refractivity contribution in [1.29, 1.82) is 0 Å². The van der Waals surface area contributed by atoms with E-state index in [1.807, 2.05) is 38.2 Å². The summed E-state index contributed by atoms with van der Waals surface area (Å²) in [5.74, 6) is 0.946. The molecule has 1 saturated heterocycles.